The summed E-state index contributed by atoms with van der Waals surface area (Å²) >= 11 is 4.10. The lowest BCUT2D eigenvalue weighted by molar-refractivity contribution is -0.138. The molecule has 16 heavy (non-hydrogen) atoms. The number of hydrogen-bond donors (Lipinski definition) is 1. The van der Waals surface area contributed by atoms with E-state index in [2.05, 4.69) is 15.9 Å². The van der Waals surface area contributed by atoms with Gasteiger partial charge in [0.1, 0.15) is 0 Å². The van der Waals surface area contributed by atoms with Crippen LogP contribution in [0.15, 0.2) is 15.9 Å². The van der Waals surface area contributed by atoms with Crippen molar-refractivity contribution in [2.75, 3.05) is 0 Å². The quantitative estimate of drug-likeness (QED) is 0.888. The van der Waals surface area contributed by atoms with E-state index in [-0.39, 0.29) is 11.3 Å². The molecule has 0 aliphatic heterocycles. The standard InChI is InChI=1S/C10H11BrF2O2S/c1-6(4-9(14)15)5-10(12,13)7-2-3-8(11)16-7/h2-3,6H,4-5H2,1H3,(H,14,15). The second-order valence-corrected chi connectivity index (χ2v) is 6.18. The molecule has 90 valence electrons. The Morgan fingerprint density at radius 3 is 2.69 bits per heavy atom. The van der Waals surface area contributed by atoms with Gasteiger partial charge >= 0.3 is 5.97 Å². The third-order valence-electron chi connectivity index (χ3n) is 2.06. The van der Waals surface area contributed by atoms with Gasteiger partial charge in [-0.1, -0.05) is 6.92 Å². The fourth-order valence-corrected chi connectivity index (χ4v) is 2.79. The van der Waals surface area contributed by atoms with Gasteiger partial charge in [-0.15, -0.1) is 11.3 Å². The van der Waals surface area contributed by atoms with Crippen LogP contribution in [0.5, 0.6) is 0 Å². The molecule has 0 aliphatic rings. The van der Waals surface area contributed by atoms with Crippen molar-refractivity contribution in [3.63, 3.8) is 0 Å². The molecular weight excluding hydrogens is 302 g/mol. The fraction of sp³-hybridized carbons (Fsp3) is 0.500. The average molecular weight is 313 g/mol. The molecule has 1 aromatic rings. The summed E-state index contributed by atoms with van der Waals surface area (Å²) in [6.07, 6.45) is -0.672. The van der Waals surface area contributed by atoms with Crippen LogP contribution in [0.25, 0.3) is 0 Å². The highest BCUT2D eigenvalue weighted by Crippen LogP contribution is 2.40. The van der Waals surface area contributed by atoms with Crippen molar-refractivity contribution in [3.8, 4) is 0 Å². The van der Waals surface area contributed by atoms with Crippen molar-refractivity contribution in [2.45, 2.75) is 25.7 Å². The van der Waals surface area contributed by atoms with Crippen LogP contribution in [0.2, 0.25) is 0 Å². The Hall–Kier alpha value is -0.490. The summed E-state index contributed by atoms with van der Waals surface area (Å²) in [5, 5.41) is 8.51. The van der Waals surface area contributed by atoms with Crippen LogP contribution < -0.4 is 0 Å². The maximum Gasteiger partial charge on any atom is 0.303 e. The van der Waals surface area contributed by atoms with E-state index in [0.717, 1.165) is 11.3 Å². The Bertz CT molecular complexity index is 379. The van der Waals surface area contributed by atoms with Gasteiger partial charge in [-0.05, 0) is 34.0 Å². The monoisotopic (exact) mass is 312 g/mol. The minimum Gasteiger partial charge on any atom is -0.481 e. The highest BCUT2D eigenvalue weighted by Gasteiger charge is 2.35. The van der Waals surface area contributed by atoms with Crippen LogP contribution in [0, 0.1) is 5.92 Å². The van der Waals surface area contributed by atoms with E-state index in [9.17, 15) is 13.6 Å². The minimum atomic E-state index is -2.95. The molecule has 0 aromatic carbocycles. The van der Waals surface area contributed by atoms with Crippen molar-refractivity contribution in [1.82, 2.24) is 0 Å². The largest absolute Gasteiger partial charge is 0.481 e. The smallest absolute Gasteiger partial charge is 0.303 e. The zero-order valence-corrected chi connectivity index (χ0v) is 10.9. The first-order valence-corrected chi connectivity index (χ1v) is 6.27. The third kappa shape index (κ3) is 3.83. The number of halogens is 3. The van der Waals surface area contributed by atoms with E-state index >= 15 is 0 Å². The average Bonchev–Trinajstić information content (AvgIpc) is 2.49. The second-order valence-electron chi connectivity index (χ2n) is 3.72. The molecule has 2 nitrogen and oxygen atoms in total. The molecule has 0 saturated carbocycles. The Kier molecular flexibility index (Phi) is 4.43. The summed E-state index contributed by atoms with van der Waals surface area (Å²) in [6.45, 7) is 1.52. The van der Waals surface area contributed by atoms with Crippen LogP contribution in [-0.4, -0.2) is 11.1 Å². The van der Waals surface area contributed by atoms with E-state index in [4.69, 9.17) is 5.11 Å². The normalized spacial score (nSPS) is 13.8. The molecule has 0 spiro atoms. The van der Waals surface area contributed by atoms with Crippen molar-refractivity contribution in [2.24, 2.45) is 5.92 Å². The predicted molar refractivity (Wildman–Crippen MR) is 61.9 cm³/mol. The molecule has 1 heterocycles. The van der Waals surface area contributed by atoms with Crippen molar-refractivity contribution >= 4 is 33.2 Å². The first-order valence-electron chi connectivity index (χ1n) is 4.66. The lowest BCUT2D eigenvalue weighted by Crippen LogP contribution is -2.17. The number of alkyl halides is 2. The van der Waals surface area contributed by atoms with Gasteiger partial charge in [-0.25, -0.2) is 8.78 Å². The zero-order chi connectivity index (χ0) is 12.3. The lowest BCUT2D eigenvalue weighted by Gasteiger charge is -2.18. The maximum atomic E-state index is 13.7. The maximum absolute atomic E-state index is 13.7. The number of aliphatic carboxylic acids is 1. The topological polar surface area (TPSA) is 37.3 Å². The molecule has 0 fully saturated rings. The Morgan fingerprint density at radius 1 is 1.62 bits per heavy atom. The summed E-state index contributed by atoms with van der Waals surface area (Å²) in [5.74, 6) is -4.55. The summed E-state index contributed by atoms with van der Waals surface area (Å²) < 4.78 is 28.0. The van der Waals surface area contributed by atoms with Crippen LogP contribution in [0.3, 0.4) is 0 Å². The molecule has 1 N–H and O–H groups in total. The molecule has 0 radical (unpaired) electrons. The van der Waals surface area contributed by atoms with Gasteiger partial charge in [0, 0.05) is 12.8 Å². The van der Waals surface area contributed by atoms with Gasteiger partial charge in [-0.2, -0.15) is 0 Å². The Labute approximate surface area is 104 Å². The van der Waals surface area contributed by atoms with E-state index in [1.807, 2.05) is 0 Å². The molecule has 1 unspecified atom stereocenters. The van der Waals surface area contributed by atoms with Crippen LogP contribution in [0.4, 0.5) is 8.78 Å². The van der Waals surface area contributed by atoms with E-state index < -0.39 is 24.2 Å². The SMILES string of the molecule is CC(CC(=O)O)CC(F)(F)c1ccc(Br)s1. The van der Waals surface area contributed by atoms with Gasteiger partial charge in [0.15, 0.2) is 0 Å². The Balaban J connectivity index is 2.67. The molecule has 0 saturated heterocycles. The lowest BCUT2D eigenvalue weighted by atomic mass is 9.99. The first kappa shape index (κ1) is 13.6. The molecule has 0 bridgehead atoms. The number of hydrogen-bond acceptors (Lipinski definition) is 2. The van der Waals surface area contributed by atoms with E-state index in [1.165, 1.54) is 13.0 Å². The van der Waals surface area contributed by atoms with Gasteiger partial charge in [-0.3, -0.25) is 4.79 Å². The first-order chi connectivity index (χ1) is 7.31. The summed E-state index contributed by atoms with van der Waals surface area (Å²) in [4.78, 5) is 10.4. The van der Waals surface area contributed by atoms with Gasteiger partial charge in [0.25, 0.3) is 5.92 Å². The third-order valence-corrected chi connectivity index (χ3v) is 3.80. The van der Waals surface area contributed by atoms with Gasteiger partial charge in [0.05, 0.1) is 8.66 Å². The van der Waals surface area contributed by atoms with Gasteiger partial charge < -0.3 is 5.11 Å². The highest BCUT2D eigenvalue weighted by atomic mass is 79.9. The van der Waals surface area contributed by atoms with Crippen LogP contribution in [0.1, 0.15) is 24.6 Å². The molecule has 0 aliphatic carbocycles. The van der Waals surface area contributed by atoms with Crippen molar-refractivity contribution in [1.29, 1.82) is 0 Å². The molecule has 1 atom stereocenters. The zero-order valence-electron chi connectivity index (χ0n) is 8.54. The predicted octanol–water partition coefficient (Wildman–Crippen LogP) is 4.10. The number of carboxylic acid groups (broad SMARTS) is 1. The summed E-state index contributed by atoms with van der Waals surface area (Å²) in [7, 11) is 0. The van der Waals surface area contributed by atoms with Crippen LogP contribution >= 0.6 is 27.3 Å². The van der Waals surface area contributed by atoms with Crippen molar-refractivity contribution < 1.29 is 18.7 Å². The molecule has 6 heteroatoms. The highest BCUT2D eigenvalue weighted by molar-refractivity contribution is 9.11. The fourth-order valence-electron chi connectivity index (χ4n) is 1.42. The molecular formula is C10H11BrF2O2S. The van der Waals surface area contributed by atoms with E-state index in [0.29, 0.717) is 3.79 Å². The molecule has 1 rings (SSSR count). The number of rotatable bonds is 5. The molecule has 0 amide bonds. The minimum absolute atomic E-state index is 0.0309. The molecule has 1 aromatic heterocycles. The van der Waals surface area contributed by atoms with E-state index in [1.54, 1.807) is 6.07 Å². The second kappa shape index (κ2) is 5.23. The Morgan fingerprint density at radius 2 is 2.25 bits per heavy atom. The van der Waals surface area contributed by atoms with Crippen LogP contribution in [-0.2, 0) is 10.7 Å². The van der Waals surface area contributed by atoms with Crippen molar-refractivity contribution in [3.05, 3.63) is 20.8 Å². The number of carbonyl (C=O) groups is 1. The summed E-state index contributed by atoms with van der Waals surface area (Å²) in [6, 6.07) is 2.93. The number of carboxylic acids is 1. The summed E-state index contributed by atoms with van der Waals surface area (Å²) in [5.41, 5.74) is 0. The number of thiophene rings is 1. The van der Waals surface area contributed by atoms with Gasteiger partial charge in [0.2, 0.25) is 0 Å².